The Morgan fingerprint density at radius 3 is 3.11 bits per heavy atom. The topological polar surface area (TPSA) is 33.1 Å². The first-order valence-electron chi connectivity index (χ1n) is 6.74. The zero-order chi connectivity index (χ0) is 13.2. The van der Waals surface area contributed by atoms with Gasteiger partial charge in [-0.1, -0.05) is 0 Å². The van der Waals surface area contributed by atoms with Crippen LogP contribution < -0.4 is 5.32 Å². The Hall–Kier alpha value is -1.17. The Balaban J connectivity index is 1.68. The van der Waals surface area contributed by atoms with Gasteiger partial charge in [0.15, 0.2) is 0 Å². The van der Waals surface area contributed by atoms with Gasteiger partial charge in [-0.25, -0.2) is 0 Å². The number of piperazine rings is 1. The molecule has 2 aromatic rings. The minimum Gasteiger partial charge on any atom is -0.312 e. The summed E-state index contributed by atoms with van der Waals surface area (Å²) in [5.74, 6) is 0. The van der Waals surface area contributed by atoms with Crippen molar-refractivity contribution >= 4 is 11.3 Å². The summed E-state index contributed by atoms with van der Waals surface area (Å²) in [7, 11) is 1.96. The van der Waals surface area contributed by atoms with Gasteiger partial charge in [0.2, 0.25) is 0 Å². The van der Waals surface area contributed by atoms with Crippen molar-refractivity contribution in [2.45, 2.75) is 19.5 Å². The summed E-state index contributed by atoms with van der Waals surface area (Å²) in [5.41, 5.74) is 1.22. The van der Waals surface area contributed by atoms with Gasteiger partial charge in [0.05, 0.1) is 6.20 Å². The van der Waals surface area contributed by atoms with Crippen molar-refractivity contribution in [3.05, 3.63) is 29.4 Å². The standard InChI is InChI=1S/C14H20N4S/c1-11-8-18(6-5-15-11)10-13-3-4-14(19-13)12-7-16-17(2)9-12/h3-4,7,9,11,15H,5-6,8,10H2,1-2H3/t11-/m0/s1. The van der Waals surface area contributed by atoms with Crippen molar-refractivity contribution in [1.82, 2.24) is 20.0 Å². The van der Waals surface area contributed by atoms with E-state index in [4.69, 9.17) is 0 Å². The van der Waals surface area contributed by atoms with Crippen LogP contribution in [0.1, 0.15) is 11.8 Å². The van der Waals surface area contributed by atoms with Crippen molar-refractivity contribution in [1.29, 1.82) is 0 Å². The first-order valence-corrected chi connectivity index (χ1v) is 7.56. The Labute approximate surface area is 118 Å². The van der Waals surface area contributed by atoms with Gasteiger partial charge >= 0.3 is 0 Å². The molecule has 4 nitrogen and oxygen atoms in total. The van der Waals surface area contributed by atoms with E-state index in [1.165, 1.54) is 15.3 Å². The number of aromatic nitrogens is 2. The zero-order valence-corrected chi connectivity index (χ0v) is 12.3. The highest BCUT2D eigenvalue weighted by molar-refractivity contribution is 7.15. The minimum atomic E-state index is 0.603. The molecule has 0 saturated carbocycles. The minimum absolute atomic E-state index is 0.603. The maximum atomic E-state index is 4.23. The maximum absolute atomic E-state index is 4.23. The molecule has 19 heavy (non-hydrogen) atoms. The van der Waals surface area contributed by atoms with Crippen LogP contribution >= 0.6 is 11.3 Å². The summed E-state index contributed by atoms with van der Waals surface area (Å²) in [5, 5.41) is 7.71. The van der Waals surface area contributed by atoms with Crippen molar-refractivity contribution in [2.24, 2.45) is 7.05 Å². The number of rotatable bonds is 3. The molecule has 0 bridgehead atoms. The van der Waals surface area contributed by atoms with Gasteiger partial charge in [0.25, 0.3) is 0 Å². The van der Waals surface area contributed by atoms with Gasteiger partial charge in [-0.3, -0.25) is 9.58 Å². The van der Waals surface area contributed by atoms with E-state index in [9.17, 15) is 0 Å². The van der Waals surface area contributed by atoms with E-state index >= 15 is 0 Å². The fraction of sp³-hybridized carbons (Fsp3) is 0.500. The first kappa shape index (κ1) is 12.8. The molecule has 1 saturated heterocycles. The molecule has 0 unspecified atom stereocenters. The van der Waals surface area contributed by atoms with Gasteiger partial charge in [0, 0.05) is 60.8 Å². The van der Waals surface area contributed by atoms with Crippen LogP contribution in [0.5, 0.6) is 0 Å². The average molecular weight is 276 g/mol. The van der Waals surface area contributed by atoms with Crippen molar-refractivity contribution in [3.63, 3.8) is 0 Å². The summed E-state index contributed by atoms with van der Waals surface area (Å²) in [4.78, 5) is 5.28. The second-order valence-electron chi connectivity index (χ2n) is 5.26. The molecule has 0 spiro atoms. The molecule has 1 N–H and O–H groups in total. The molecule has 1 atom stereocenters. The van der Waals surface area contributed by atoms with E-state index in [-0.39, 0.29) is 0 Å². The Morgan fingerprint density at radius 1 is 1.47 bits per heavy atom. The van der Waals surface area contributed by atoms with Crippen LogP contribution in [-0.2, 0) is 13.6 Å². The highest BCUT2D eigenvalue weighted by Gasteiger charge is 2.16. The molecule has 1 aliphatic rings. The number of hydrogen-bond acceptors (Lipinski definition) is 4. The van der Waals surface area contributed by atoms with Crippen LogP contribution in [0.2, 0.25) is 0 Å². The SMILES string of the molecule is C[C@H]1CN(Cc2ccc(-c3cnn(C)c3)s2)CCN1. The predicted octanol–water partition coefficient (Wildman–Crippen LogP) is 1.94. The van der Waals surface area contributed by atoms with E-state index in [0.29, 0.717) is 6.04 Å². The highest BCUT2D eigenvalue weighted by Crippen LogP contribution is 2.28. The Morgan fingerprint density at radius 2 is 2.37 bits per heavy atom. The number of nitrogens with zero attached hydrogens (tertiary/aromatic N) is 3. The molecule has 3 heterocycles. The molecule has 5 heteroatoms. The number of nitrogens with one attached hydrogen (secondary N) is 1. The normalized spacial score (nSPS) is 20.8. The number of hydrogen-bond donors (Lipinski definition) is 1. The van der Waals surface area contributed by atoms with Gasteiger partial charge in [-0.2, -0.15) is 5.10 Å². The van der Waals surface area contributed by atoms with Gasteiger partial charge in [-0.05, 0) is 19.1 Å². The molecule has 102 valence electrons. The molecular formula is C14H20N4S. The van der Waals surface area contributed by atoms with Gasteiger partial charge in [-0.15, -0.1) is 11.3 Å². The zero-order valence-electron chi connectivity index (χ0n) is 11.5. The van der Waals surface area contributed by atoms with Gasteiger partial charge < -0.3 is 5.32 Å². The van der Waals surface area contributed by atoms with E-state index in [1.54, 1.807) is 0 Å². The van der Waals surface area contributed by atoms with E-state index in [1.807, 2.05) is 29.3 Å². The Kier molecular flexibility index (Phi) is 3.68. The van der Waals surface area contributed by atoms with E-state index in [0.717, 1.165) is 26.2 Å². The maximum Gasteiger partial charge on any atom is 0.0576 e. The molecular weight excluding hydrogens is 256 g/mol. The largest absolute Gasteiger partial charge is 0.312 e. The lowest BCUT2D eigenvalue weighted by Gasteiger charge is -2.31. The van der Waals surface area contributed by atoms with Gasteiger partial charge in [0.1, 0.15) is 0 Å². The number of aryl methyl sites for hydroxylation is 1. The molecule has 1 aliphatic heterocycles. The molecule has 1 fully saturated rings. The lowest BCUT2D eigenvalue weighted by atomic mass is 10.2. The first-order chi connectivity index (χ1) is 9.20. The number of thiophene rings is 1. The molecule has 0 aliphatic carbocycles. The monoisotopic (exact) mass is 276 g/mol. The van der Waals surface area contributed by atoms with Crippen molar-refractivity contribution in [3.8, 4) is 10.4 Å². The fourth-order valence-electron chi connectivity index (χ4n) is 2.54. The third-order valence-electron chi connectivity index (χ3n) is 3.48. The summed E-state index contributed by atoms with van der Waals surface area (Å²) in [6.45, 7) is 6.70. The molecule has 0 amide bonds. The Bertz CT molecular complexity index is 545. The highest BCUT2D eigenvalue weighted by atomic mass is 32.1. The molecule has 0 aromatic carbocycles. The summed E-state index contributed by atoms with van der Waals surface area (Å²) in [6.07, 6.45) is 4.00. The fourth-order valence-corrected chi connectivity index (χ4v) is 3.57. The molecule has 2 aromatic heterocycles. The van der Waals surface area contributed by atoms with Crippen LogP contribution in [0.15, 0.2) is 24.5 Å². The second-order valence-corrected chi connectivity index (χ2v) is 6.43. The summed E-state index contributed by atoms with van der Waals surface area (Å²) < 4.78 is 1.85. The molecule has 3 rings (SSSR count). The quantitative estimate of drug-likeness (QED) is 0.930. The van der Waals surface area contributed by atoms with Crippen LogP contribution in [0.25, 0.3) is 10.4 Å². The van der Waals surface area contributed by atoms with Crippen LogP contribution in [0.3, 0.4) is 0 Å². The lowest BCUT2D eigenvalue weighted by Crippen LogP contribution is -2.48. The lowest BCUT2D eigenvalue weighted by molar-refractivity contribution is 0.201. The predicted molar refractivity (Wildman–Crippen MR) is 79.3 cm³/mol. The summed E-state index contributed by atoms with van der Waals surface area (Å²) in [6, 6.07) is 5.06. The van der Waals surface area contributed by atoms with Crippen LogP contribution in [-0.4, -0.2) is 40.4 Å². The van der Waals surface area contributed by atoms with Crippen molar-refractivity contribution in [2.75, 3.05) is 19.6 Å². The average Bonchev–Trinajstić information content (AvgIpc) is 2.98. The summed E-state index contributed by atoms with van der Waals surface area (Å²) >= 11 is 1.88. The van der Waals surface area contributed by atoms with Crippen LogP contribution in [0, 0.1) is 0 Å². The third-order valence-corrected chi connectivity index (χ3v) is 4.60. The molecule has 0 radical (unpaired) electrons. The second kappa shape index (κ2) is 5.45. The van der Waals surface area contributed by atoms with Crippen molar-refractivity contribution < 1.29 is 0 Å². The van der Waals surface area contributed by atoms with E-state index < -0.39 is 0 Å². The van der Waals surface area contributed by atoms with E-state index in [2.05, 4.69) is 40.6 Å². The van der Waals surface area contributed by atoms with Crippen LogP contribution in [0.4, 0.5) is 0 Å². The smallest absolute Gasteiger partial charge is 0.0576 e. The third kappa shape index (κ3) is 3.05.